The Morgan fingerprint density at radius 2 is 1.81 bits per heavy atom. The van der Waals surface area contributed by atoms with E-state index in [1.807, 2.05) is 0 Å². The fourth-order valence-electron chi connectivity index (χ4n) is 3.56. The van der Waals surface area contributed by atoms with Crippen LogP contribution in [0.3, 0.4) is 0 Å². The lowest BCUT2D eigenvalue weighted by molar-refractivity contribution is 0.312. The summed E-state index contributed by atoms with van der Waals surface area (Å²) in [7, 11) is 0. The average Bonchev–Trinajstić information content (AvgIpc) is 2.85. The Kier molecular flexibility index (Phi) is 3.52. The van der Waals surface area contributed by atoms with Gasteiger partial charge in [0.15, 0.2) is 5.82 Å². The molecule has 3 heteroatoms. The Bertz CT molecular complexity index is 648. The molecular weight excluding hydrogens is 258 g/mol. The molecule has 1 saturated carbocycles. The van der Waals surface area contributed by atoms with Crippen molar-refractivity contribution < 1.29 is 0 Å². The number of rotatable bonds is 2. The number of anilines is 1. The number of aromatic nitrogens is 2. The van der Waals surface area contributed by atoms with Crippen molar-refractivity contribution in [2.24, 2.45) is 0 Å². The van der Waals surface area contributed by atoms with Crippen molar-refractivity contribution in [3.8, 4) is 11.1 Å². The molecule has 1 heterocycles. The smallest absolute Gasteiger partial charge is 0.153 e. The number of hydrogen-bond acceptors (Lipinski definition) is 2. The van der Waals surface area contributed by atoms with Crippen molar-refractivity contribution in [2.45, 2.75) is 58.3 Å². The molecule has 3 rings (SSSR count). The number of aromatic amines is 1. The minimum atomic E-state index is 0.178. The lowest BCUT2D eigenvalue weighted by Crippen LogP contribution is -2.26. The van der Waals surface area contributed by atoms with Crippen LogP contribution >= 0.6 is 0 Å². The van der Waals surface area contributed by atoms with Crippen LogP contribution in [0.4, 0.5) is 5.82 Å². The highest BCUT2D eigenvalue weighted by atomic mass is 15.2. The first-order valence-electron chi connectivity index (χ1n) is 7.93. The molecule has 0 atom stereocenters. The first kappa shape index (κ1) is 14.2. The molecule has 1 aliphatic carbocycles. The molecule has 1 aliphatic rings. The summed E-state index contributed by atoms with van der Waals surface area (Å²) in [5, 5.41) is 7.56. The Morgan fingerprint density at radius 3 is 2.48 bits per heavy atom. The van der Waals surface area contributed by atoms with Crippen LogP contribution in [0, 0.1) is 13.8 Å². The summed E-state index contributed by atoms with van der Waals surface area (Å²) < 4.78 is 0. The predicted molar refractivity (Wildman–Crippen MR) is 88.3 cm³/mol. The molecule has 2 aromatic rings. The zero-order valence-electron chi connectivity index (χ0n) is 13.3. The van der Waals surface area contributed by atoms with Crippen LogP contribution in [0.2, 0.25) is 0 Å². The molecule has 0 radical (unpaired) electrons. The Morgan fingerprint density at radius 1 is 1.10 bits per heavy atom. The second-order valence-corrected chi connectivity index (χ2v) is 6.78. The van der Waals surface area contributed by atoms with E-state index in [1.165, 1.54) is 54.5 Å². The van der Waals surface area contributed by atoms with Gasteiger partial charge in [-0.05, 0) is 43.4 Å². The average molecular weight is 283 g/mol. The number of nitrogens with one attached hydrogen (secondary N) is 1. The van der Waals surface area contributed by atoms with Crippen molar-refractivity contribution in [3.05, 3.63) is 35.0 Å². The number of nitrogens with two attached hydrogens (primary N) is 1. The molecule has 0 spiro atoms. The van der Waals surface area contributed by atoms with Gasteiger partial charge in [-0.1, -0.05) is 44.4 Å². The van der Waals surface area contributed by atoms with E-state index < -0.39 is 0 Å². The van der Waals surface area contributed by atoms with Crippen LogP contribution in [0.25, 0.3) is 11.1 Å². The van der Waals surface area contributed by atoms with Gasteiger partial charge in [0.25, 0.3) is 0 Å². The van der Waals surface area contributed by atoms with Crippen molar-refractivity contribution in [3.63, 3.8) is 0 Å². The molecule has 1 aromatic heterocycles. The maximum atomic E-state index is 6.18. The van der Waals surface area contributed by atoms with E-state index in [-0.39, 0.29) is 5.41 Å². The maximum absolute atomic E-state index is 6.18. The van der Waals surface area contributed by atoms with Crippen LogP contribution in [0.1, 0.15) is 55.8 Å². The van der Waals surface area contributed by atoms with Crippen LogP contribution < -0.4 is 5.73 Å². The summed E-state index contributed by atoms with van der Waals surface area (Å²) in [5.74, 6) is 0.625. The van der Waals surface area contributed by atoms with Crippen LogP contribution in [-0.2, 0) is 5.41 Å². The van der Waals surface area contributed by atoms with Crippen molar-refractivity contribution in [1.82, 2.24) is 10.2 Å². The highest BCUT2D eigenvalue weighted by Gasteiger charge is 2.34. The third kappa shape index (κ3) is 2.45. The lowest BCUT2D eigenvalue weighted by atomic mass is 9.72. The van der Waals surface area contributed by atoms with E-state index >= 15 is 0 Å². The van der Waals surface area contributed by atoms with Gasteiger partial charge in [0, 0.05) is 11.0 Å². The third-order valence-electron chi connectivity index (χ3n) is 5.15. The van der Waals surface area contributed by atoms with Crippen molar-refractivity contribution in [2.75, 3.05) is 5.73 Å². The fraction of sp³-hybridized carbons (Fsp3) is 0.500. The van der Waals surface area contributed by atoms with Gasteiger partial charge in [-0.15, -0.1) is 0 Å². The second kappa shape index (κ2) is 5.21. The molecule has 0 bridgehead atoms. The summed E-state index contributed by atoms with van der Waals surface area (Å²) in [6.45, 7) is 6.64. The number of benzene rings is 1. The SMILES string of the molecule is Cc1ccc(-c2c(N)n[nH]c2C2(C)CCCCC2)cc1C. The van der Waals surface area contributed by atoms with E-state index in [2.05, 4.69) is 49.2 Å². The molecule has 0 aliphatic heterocycles. The fourth-order valence-corrected chi connectivity index (χ4v) is 3.56. The highest BCUT2D eigenvalue weighted by Crippen LogP contribution is 2.44. The molecule has 21 heavy (non-hydrogen) atoms. The van der Waals surface area contributed by atoms with Crippen LogP contribution in [0.5, 0.6) is 0 Å². The molecule has 112 valence electrons. The van der Waals surface area contributed by atoms with E-state index in [0.29, 0.717) is 5.82 Å². The van der Waals surface area contributed by atoms with E-state index in [4.69, 9.17) is 5.73 Å². The number of aryl methyl sites for hydroxylation is 2. The standard InChI is InChI=1S/C18H25N3/c1-12-7-8-14(11-13(12)2)15-16(20-21-17(15)19)18(3)9-5-4-6-10-18/h7-8,11H,4-6,9-10H2,1-3H3,(H3,19,20,21). The monoisotopic (exact) mass is 283 g/mol. The largest absolute Gasteiger partial charge is 0.382 e. The van der Waals surface area contributed by atoms with Gasteiger partial charge in [-0.3, -0.25) is 5.10 Å². The third-order valence-corrected chi connectivity index (χ3v) is 5.15. The molecule has 1 fully saturated rings. The Labute approximate surface area is 127 Å². The zero-order valence-corrected chi connectivity index (χ0v) is 13.3. The van der Waals surface area contributed by atoms with Gasteiger partial charge in [0.1, 0.15) is 0 Å². The van der Waals surface area contributed by atoms with Gasteiger partial charge < -0.3 is 5.73 Å². The molecule has 0 saturated heterocycles. The number of nitrogen functional groups attached to an aromatic ring is 1. The Hall–Kier alpha value is -1.77. The van der Waals surface area contributed by atoms with Gasteiger partial charge in [0.2, 0.25) is 0 Å². The summed E-state index contributed by atoms with van der Waals surface area (Å²) in [6, 6.07) is 6.57. The first-order chi connectivity index (χ1) is 10.0. The van der Waals surface area contributed by atoms with Gasteiger partial charge in [-0.2, -0.15) is 5.10 Å². The van der Waals surface area contributed by atoms with Crippen molar-refractivity contribution in [1.29, 1.82) is 0 Å². The lowest BCUT2D eigenvalue weighted by Gasteiger charge is -2.33. The summed E-state index contributed by atoms with van der Waals surface area (Å²) >= 11 is 0. The van der Waals surface area contributed by atoms with E-state index in [9.17, 15) is 0 Å². The van der Waals surface area contributed by atoms with E-state index in [0.717, 1.165) is 5.56 Å². The maximum Gasteiger partial charge on any atom is 0.153 e. The quantitative estimate of drug-likeness (QED) is 0.852. The predicted octanol–water partition coefficient (Wildman–Crippen LogP) is 4.50. The molecule has 3 nitrogen and oxygen atoms in total. The second-order valence-electron chi connectivity index (χ2n) is 6.78. The summed E-state index contributed by atoms with van der Waals surface area (Å²) in [5.41, 5.74) is 12.5. The summed E-state index contributed by atoms with van der Waals surface area (Å²) in [6.07, 6.45) is 6.36. The molecular formula is C18H25N3. The highest BCUT2D eigenvalue weighted by molar-refractivity contribution is 5.78. The molecule has 1 aromatic carbocycles. The minimum Gasteiger partial charge on any atom is -0.382 e. The number of H-pyrrole nitrogens is 1. The zero-order chi connectivity index (χ0) is 15.0. The van der Waals surface area contributed by atoms with Crippen LogP contribution in [-0.4, -0.2) is 10.2 Å². The summed E-state index contributed by atoms with van der Waals surface area (Å²) in [4.78, 5) is 0. The Balaban J connectivity index is 2.10. The number of hydrogen-bond donors (Lipinski definition) is 2. The van der Waals surface area contributed by atoms with Crippen LogP contribution in [0.15, 0.2) is 18.2 Å². The topological polar surface area (TPSA) is 54.7 Å². The minimum absolute atomic E-state index is 0.178. The van der Waals surface area contributed by atoms with Crippen molar-refractivity contribution >= 4 is 5.82 Å². The molecule has 0 unspecified atom stereocenters. The molecule has 3 N–H and O–H groups in total. The first-order valence-corrected chi connectivity index (χ1v) is 7.93. The van der Waals surface area contributed by atoms with E-state index in [1.54, 1.807) is 0 Å². The molecule has 0 amide bonds. The number of nitrogens with zero attached hydrogens (tertiary/aromatic N) is 1. The van der Waals surface area contributed by atoms with Gasteiger partial charge in [0.05, 0.1) is 5.69 Å². The normalized spacial score (nSPS) is 17.9. The van der Waals surface area contributed by atoms with Gasteiger partial charge >= 0.3 is 0 Å². The van der Waals surface area contributed by atoms with Gasteiger partial charge in [-0.25, -0.2) is 0 Å².